The maximum absolute atomic E-state index is 12.7. The minimum absolute atomic E-state index is 0.0960. The summed E-state index contributed by atoms with van der Waals surface area (Å²) in [6, 6.07) is 1.38. The second-order valence-electron chi connectivity index (χ2n) is 4.76. The van der Waals surface area contributed by atoms with Gasteiger partial charge in [0, 0.05) is 19.3 Å². The van der Waals surface area contributed by atoms with Crippen molar-refractivity contribution in [3.8, 4) is 0 Å². The van der Waals surface area contributed by atoms with Gasteiger partial charge in [-0.3, -0.25) is 0 Å². The van der Waals surface area contributed by atoms with Crippen LogP contribution in [0.1, 0.15) is 39.5 Å². The lowest BCUT2D eigenvalue weighted by atomic mass is 10.3. The van der Waals surface area contributed by atoms with Crippen LogP contribution in [0.4, 0.5) is 5.82 Å². The number of sulfonamides is 1. The van der Waals surface area contributed by atoms with Crippen LogP contribution in [0.15, 0.2) is 17.2 Å². The zero-order chi connectivity index (χ0) is 15.9. The lowest BCUT2D eigenvalue weighted by molar-refractivity contribution is 0.395. The van der Waals surface area contributed by atoms with Gasteiger partial charge in [0.1, 0.15) is 4.90 Å². The maximum atomic E-state index is 12.7. The first-order valence-corrected chi connectivity index (χ1v) is 8.91. The Hall–Kier alpha value is -0.890. The highest BCUT2D eigenvalue weighted by Gasteiger charge is 2.24. The van der Waals surface area contributed by atoms with Crippen molar-refractivity contribution in [2.45, 2.75) is 44.4 Å². The lowest BCUT2D eigenvalue weighted by Crippen LogP contribution is -2.33. The number of hydrogen-bond donors (Lipinski definition) is 2. The van der Waals surface area contributed by atoms with Crippen LogP contribution >= 0.6 is 11.6 Å². The summed E-state index contributed by atoms with van der Waals surface area (Å²) < 4.78 is 26.8. The van der Waals surface area contributed by atoms with Gasteiger partial charge in [0.25, 0.3) is 0 Å². The molecule has 0 unspecified atom stereocenters. The minimum Gasteiger partial charge on any atom is -0.307 e. The largest absolute Gasteiger partial charge is 0.307 e. The predicted molar refractivity (Wildman–Crippen MR) is 85.6 cm³/mol. The molecule has 1 heterocycles. The molecule has 0 radical (unpaired) electrons. The van der Waals surface area contributed by atoms with E-state index in [2.05, 4.69) is 10.4 Å². The third kappa shape index (κ3) is 4.81. The molecule has 0 aliphatic carbocycles. The summed E-state index contributed by atoms with van der Waals surface area (Å²) in [7, 11) is -3.58. The number of unbranched alkanes of at least 4 members (excludes halogenated alkanes) is 2. The third-order valence-electron chi connectivity index (χ3n) is 3.11. The number of anilines is 1. The van der Waals surface area contributed by atoms with Crippen LogP contribution in [0, 0.1) is 0 Å². The van der Waals surface area contributed by atoms with E-state index >= 15 is 0 Å². The Labute approximate surface area is 131 Å². The fourth-order valence-corrected chi connectivity index (χ4v) is 3.61. The molecular weight excluding hydrogens is 312 g/mol. The van der Waals surface area contributed by atoms with Gasteiger partial charge in [-0.1, -0.05) is 38.3 Å². The second kappa shape index (κ2) is 8.53. The fourth-order valence-electron chi connectivity index (χ4n) is 1.84. The van der Waals surface area contributed by atoms with Crippen LogP contribution in [0.2, 0.25) is 5.02 Å². The van der Waals surface area contributed by atoms with Gasteiger partial charge in [0.15, 0.2) is 5.82 Å². The molecule has 1 aromatic heterocycles. The number of nitrogens with one attached hydrogen (secondary N) is 1. The van der Waals surface area contributed by atoms with E-state index in [1.165, 1.54) is 16.6 Å². The molecule has 0 saturated carbocycles. The Morgan fingerprint density at radius 1 is 1.29 bits per heavy atom. The summed E-state index contributed by atoms with van der Waals surface area (Å²) in [6.07, 6.45) is 4.81. The van der Waals surface area contributed by atoms with Gasteiger partial charge >= 0.3 is 0 Å². The normalized spacial score (nSPS) is 11.9. The number of nitrogens with two attached hydrogens (primary N) is 1. The first kappa shape index (κ1) is 18.2. The SMILES string of the molecule is CCCCN(CCCC)S(=O)(=O)c1cnc(NN)c(Cl)c1. The van der Waals surface area contributed by atoms with Crippen LogP contribution in [0.25, 0.3) is 0 Å². The van der Waals surface area contributed by atoms with E-state index in [-0.39, 0.29) is 15.7 Å². The van der Waals surface area contributed by atoms with Gasteiger partial charge in [0.05, 0.1) is 5.02 Å². The number of pyridine rings is 1. The first-order valence-electron chi connectivity index (χ1n) is 7.09. The van der Waals surface area contributed by atoms with Crippen molar-refractivity contribution >= 4 is 27.4 Å². The number of nitrogen functional groups attached to an aromatic ring is 1. The molecule has 0 aliphatic rings. The second-order valence-corrected chi connectivity index (χ2v) is 7.10. The molecule has 0 aliphatic heterocycles. The number of halogens is 1. The molecular formula is C13H23ClN4O2S. The molecule has 3 N–H and O–H groups in total. The smallest absolute Gasteiger partial charge is 0.244 e. The van der Waals surface area contributed by atoms with E-state index in [0.29, 0.717) is 13.1 Å². The summed E-state index contributed by atoms with van der Waals surface area (Å²) in [5.41, 5.74) is 2.32. The van der Waals surface area contributed by atoms with Gasteiger partial charge in [-0.05, 0) is 18.9 Å². The van der Waals surface area contributed by atoms with Gasteiger partial charge in [-0.25, -0.2) is 19.2 Å². The molecule has 0 atom stereocenters. The number of aromatic nitrogens is 1. The molecule has 120 valence electrons. The zero-order valence-corrected chi connectivity index (χ0v) is 14.0. The standard InChI is InChI=1S/C13H23ClN4O2S/c1-3-5-7-18(8-6-4-2)21(19,20)11-9-12(14)13(17-15)16-10-11/h9-10H,3-8,15H2,1-2H3,(H,16,17). The number of hydrogen-bond acceptors (Lipinski definition) is 5. The number of nitrogens with zero attached hydrogens (tertiary/aromatic N) is 2. The Kier molecular flexibility index (Phi) is 7.37. The van der Waals surface area contributed by atoms with E-state index < -0.39 is 10.0 Å². The highest BCUT2D eigenvalue weighted by molar-refractivity contribution is 7.89. The lowest BCUT2D eigenvalue weighted by Gasteiger charge is -2.22. The van der Waals surface area contributed by atoms with Crippen LogP contribution in [0.3, 0.4) is 0 Å². The molecule has 0 bridgehead atoms. The Bertz CT molecular complexity index is 543. The minimum atomic E-state index is -3.58. The van der Waals surface area contributed by atoms with Gasteiger partial charge < -0.3 is 5.43 Å². The Morgan fingerprint density at radius 3 is 2.29 bits per heavy atom. The van der Waals surface area contributed by atoms with E-state index in [0.717, 1.165) is 25.7 Å². The average molecular weight is 335 g/mol. The van der Waals surface area contributed by atoms with Gasteiger partial charge in [-0.2, -0.15) is 4.31 Å². The van der Waals surface area contributed by atoms with Crippen molar-refractivity contribution in [3.63, 3.8) is 0 Å². The molecule has 0 saturated heterocycles. The summed E-state index contributed by atoms with van der Waals surface area (Å²) in [6.45, 7) is 5.08. The van der Waals surface area contributed by atoms with E-state index in [1.54, 1.807) is 0 Å². The highest BCUT2D eigenvalue weighted by Crippen LogP contribution is 2.24. The molecule has 0 fully saturated rings. The first-order chi connectivity index (χ1) is 9.97. The molecule has 6 nitrogen and oxygen atoms in total. The van der Waals surface area contributed by atoms with Crippen molar-refractivity contribution < 1.29 is 8.42 Å². The highest BCUT2D eigenvalue weighted by atomic mass is 35.5. The Morgan fingerprint density at radius 2 is 1.86 bits per heavy atom. The fraction of sp³-hybridized carbons (Fsp3) is 0.615. The molecule has 1 aromatic rings. The zero-order valence-electron chi connectivity index (χ0n) is 12.5. The van der Waals surface area contributed by atoms with E-state index in [1.807, 2.05) is 13.8 Å². The summed E-state index contributed by atoms with van der Waals surface area (Å²) in [4.78, 5) is 4.03. The van der Waals surface area contributed by atoms with Crippen LogP contribution in [0.5, 0.6) is 0 Å². The van der Waals surface area contributed by atoms with Crippen LogP contribution in [-0.2, 0) is 10.0 Å². The van der Waals surface area contributed by atoms with Crippen molar-refractivity contribution in [1.82, 2.24) is 9.29 Å². The van der Waals surface area contributed by atoms with Crippen molar-refractivity contribution in [2.24, 2.45) is 5.84 Å². The van der Waals surface area contributed by atoms with Crippen LogP contribution in [-0.4, -0.2) is 30.8 Å². The van der Waals surface area contributed by atoms with Gasteiger partial charge in [0.2, 0.25) is 10.0 Å². The molecule has 0 spiro atoms. The summed E-state index contributed by atoms with van der Waals surface area (Å²) in [5, 5.41) is 0.185. The average Bonchev–Trinajstić information content (AvgIpc) is 2.47. The molecule has 0 amide bonds. The predicted octanol–water partition coefficient (Wildman–Crippen LogP) is 2.61. The molecule has 1 rings (SSSR count). The van der Waals surface area contributed by atoms with Crippen molar-refractivity contribution in [1.29, 1.82) is 0 Å². The number of hydrazine groups is 1. The Balaban J connectivity index is 3.06. The van der Waals surface area contributed by atoms with E-state index in [9.17, 15) is 8.42 Å². The molecule has 21 heavy (non-hydrogen) atoms. The summed E-state index contributed by atoms with van der Waals surface area (Å²) >= 11 is 5.96. The van der Waals surface area contributed by atoms with Crippen molar-refractivity contribution in [3.05, 3.63) is 17.3 Å². The van der Waals surface area contributed by atoms with Gasteiger partial charge in [-0.15, -0.1) is 0 Å². The quantitative estimate of drug-likeness (QED) is 0.535. The third-order valence-corrected chi connectivity index (χ3v) is 5.26. The maximum Gasteiger partial charge on any atom is 0.244 e. The molecule has 0 aromatic carbocycles. The van der Waals surface area contributed by atoms with Crippen LogP contribution < -0.4 is 11.3 Å². The summed E-state index contributed by atoms with van der Waals surface area (Å²) in [5.74, 6) is 5.50. The van der Waals surface area contributed by atoms with E-state index in [4.69, 9.17) is 17.4 Å². The van der Waals surface area contributed by atoms with Crippen molar-refractivity contribution in [2.75, 3.05) is 18.5 Å². The number of rotatable bonds is 9. The molecule has 8 heteroatoms. The monoisotopic (exact) mass is 334 g/mol. The topological polar surface area (TPSA) is 88.3 Å².